The van der Waals surface area contributed by atoms with Gasteiger partial charge in [0.1, 0.15) is 18.2 Å². The van der Waals surface area contributed by atoms with E-state index in [4.69, 9.17) is 4.74 Å². The molecule has 0 aliphatic carbocycles. The lowest BCUT2D eigenvalue weighted by Crippen LogP contribution is -2.13. The van der Waals surface area contributed by atoms with Crippen molar-refractivity contribution in [3.05, 3.63) is 95.8 Å². The lowest BCUT2D eigenvalue weighted by atomic mass is 10.2. The molecule has 120 valence electrons. The number of hydrogen-bond donors (Lipinski definition) is 1. The van der Waals surface area contributed by atoms with E-state index in [2.05, 4.69) is 5.32 Å². The third-order valence-corrected chi connectivity index (χ3v) is 3.47. The van der Waals surface area contributed by atoms with Crippen LogP contribution in [0.4, 0.5) is 10.1 Å². The van der Waals surface area contributed by atoms with E-state index in [1.54, 1.807) is 36.4 Å². The number of amides is 1. The van der Waals surface area contributed by atoms with Crippen molar-refractivity contribution in [1.82, 2.24) is 0 Å². The van der Waals surface area contributed by atoms with E-state index in [1.807, 2.05) is 30.3 Å². The van der Waals surface area contributed by atoms with Crippen LogP contribution in [-0.4, -0.2) is 5.91 Å². The van der Waals surface area contributed by atoms with Gasteiger partial charge in [-0.2, -0.15) is 0 Å². The Balaban J connectivity index is 1.68. The van der Waals surface area contributed by atoms with Crippen molar-refractivity contribution in [3.8, 4) is 5.75 Å². The summed E-state index contributed by atoms with van der Waals surface area (Å²) in [6.45, 7) is 0.416. The molecule has 1 amide bonds. The van der Waals surface area contributed by atoms with Gasteiger partial charge in [-0.15, -0.1) is 0 Å². The van der Waals surface area contributed by atoms with Crippen molar-refractivity contribution in [2.75, 3.05) is 5.32 Å². The molecule has 3 nitrogen and oxygen atoms in total. The maximum Gasteiger partial charge on any atom is 0.255 e. The number of hydrogen-bond acceptors (Lipinski definition) is 2. The maximum atomic E-state index is 13.6. The average molecular weight is 321 g/mol. The molecule has 24 heavy (non-hydrogen) atoms. The monoisotopic (exact) mass is 321 g/mol. The number of anilines is 1. The van der Waals surface area contributed by atoms with E-state index >= 15 is 0 Å². The van der Waals surface area contributed by atoms with Crippen LogP contribution in [0.2, 0.25) is 0 Å². The fraction of sp³-hybridized carbons (Fsp3) is 0.0500. The summed E-state index contributed by atoms with van der Waals surface area (Å²) in [5, 5.41) is 2.56. The topological polar surface area (TPSA) is 38.3 Å². The molecule has 4 heteroatoms. The highest BCUT2D eigenvalue weighted by Gasteiger charge is 2.09. The number of para-hydroxylation sites is 1. The molecule has 0 heterocycles. The van der Waals surface area contributed by atoms with Crippen LogP contribution < -0.4 is 10.1 Å². The van der Waals surface area contributed by atoms with E-state index in [0.717, 1.165) is 5.56 Å². The minimum Gasteiger partial charge on any atom is -0.489 e. The van der Waals surface area contributed by atoms with Crippen molar-refractivity contribution < 1.29 is 13.9 Å². The van der Waals surface area contributed by atoms with Gasteiger partial charge in [-0.25, -0.2) is 4.39 Å². The molecule has 0 fully saturated rings. The molecule has 0 aliphatic heterocycles. The van der Waals surface area contributed by atoms with Gasteiger partial charge in [-0.3, -0.25) is 4.79 Å². The minimum absolute atomic E-state index is 0.151. The molecule has 0 atom stereocenters. The summed E-state index contributed by atoms with van der Waals surface area (Å²) in [6.07, 6.45) is 0. The Morgan fingerprint density at radius 2 is 1.67 bits per heavy atom. The highest BCUT2D eigenvalue weighted by molar-refractivity contribution is 6.04. The lowest BCUT2D eigenvalue weighted by molar-refractivity contribution is 0.102. The number of carbonyl (C=O) groups is 1. The molecular formula is C20H16FNO2. The number of rotatable bonds is 5. The van der Waals surface area contributed by atoms with Gasteiger partial charge in [0, 0.05) is 5.56 Å². The van der Waals surface area contributed by atoms with Gasteiger partial charge in [0.05, 0.1) is 5.69 Å². The SMILES string of the molecule is O=C(Nc1ccccc1F)c1cccc(OCc2ccccc2)c1. The van der Waals surface area contributed by atoms with Crippen molar-refractivity contribution in [2.24, 2.45) is 0 Å². The second-order valence-electron chi connectivity index (χ2n) is 5.24. The molecule has 3 aromatic carbocycles. The quantitative estimate of drug-likeness (QED) is 0.742. The third kappa shape index (κ3) is 3.98. The molecular weight excluding hydrogens is 305 g/mol. The zero-order chi connectivity index (χ0) is 16.8. The van der Waals surface area contributed by atoms with Gasteiger partial charge in [0.25, 0.3) is 5.91 Å². The molecule has 0 spiro atoms. The van der Waals surface area contributed by atoms with Crippen LogP contribution >= 0.6 is 0 Å². The number of benzene rings is 3. The highest BCUT2D eigenvalue weighted by Crippen LogP contribution is 2.18. The minimum atomic E-state index is -0.470. The smallest absolute Gasteiger partial charge is 0.255 e. The van der Waals surface area contributed by atoms with Crippen molar-refractivity contribution in [1.29, 1.82) is 0 Å². The molecule has 3 rings (SSSR count). The zero-order valence-corrected chi connectivity index (χ0v) is 12.9. The number of nitrogens with one attached hydrogen (secondary N) is 1. The van der Waals surface area contributed by atoms with E-state index < -0.39 is 5.82 Å². The summed E-state index contributed by atoms with van der Waals surface area (Å²) in [5.74, 6) is -0.271. The van der Waals surface area contributed by atoms with Gasteiger partial charge >= 0.3 is 0 Å². The first kappa shape index (κ1) is 15.7. The summed E-state index contributed by atoms with van der Waals surface area (Å²) in [6, 6.07) is 22.6. The first-order valence-electron chi connectivity index (χ1n) is 7.55. The van der Waals surface area contributed by atoms with Gasteiger partial charge in [-0.05, 0) is 35.9 Å². The molecule has 0 aromatic heterocycles. The second-order valence-corrected chi connectivity index (χ2v) is 5.24. The number of halogens is 1. The van der Waals surface area contributed by atoms with E-state index in [9.17, 15) is 9.18 Å². The highest BCUT2D eigenvalue weighted by atomic mass is 19.1. The van der Waals surface area contributed by atoms with Crippen LogP contribution in [-0.2, 0) is 6.61 Å². The zero-order valence-electron chi connectivity index (χ0n) is 12.9. The third-order valence-electron chi connectivity index (χ3n) is 3.47. The Bertz CT molecular complexity index is 834. The Morgan fingerprint density at radius 1 is 0.917 bits per heavy atom. The fourth-order valence-corrected chi connectivity index (χ4v) is 2.23. The van der Waals surface area contributed by atoms with Crippen molar-refractivity contribution >= 4 is 11.6 Å². The summed E-state index contributed by atoms with van der Waals surface area (Å²) in [5.41, 5.74) is 1.60. The van der Waals surface area contributed by atoms with E-state index in [1.165, 1.54) is 12.1 Å². The Hall–Kier alpha value is -3.14. The van der Waals surface area contributed by atoms with Gasteiger partial charge < -0.3 is 10.1 Å². The first-order chi connectivity index (χ1) is 11.7. The lowest BCUT2D eigenvalue weighted by Gasteiger charge is -2.09. The van der Waals surface area contributed by atoms with Crippen LogP contribution in [0.3, 0.4) is 0 Å². The van der Waals surface area contributed by atoms with Crippen LogP contribution in [0, 0.1) is 5.82 Å². The molecule has 0 bridgehead atoms. The van der Waals surface area contributed by atoms with Crippen LogP contribution in [0.5, 0.6) is 5.75 Å². The Morgan fingerprint density at radius 3 is 2.46 bits per heavy atom. The predicted molar refractivity (Wildman–Crippen MR) is 91.6 cm³/mol. The van der Waals surface area contributed by atoms with E-state index in [0.29, 0.717) is 17.9 Å². The molecule has 1 N–H and O–H groups in total. The van der Waals surface area contributed by atoms with Crippen molar-refractivity contribution in [2.45, 2.75) is 6.61 Å². The molecule has 0 radical (unpaired) electrons. The fourth-order valence-electron chi connectivity index (χ4n) is 2.23. The summed E-state index contributed by atoms with van der Waals surface area (Å²) in [7, 11) is 0. The molecule has 3 aromatic rings. The Kier molecular flexibility index (Phi) is 4.87. The standard InChI is InChI=1S/C20H16FNO2/c21-18-11-4-5-12-19(18)22-20(23)16-9-6-10-17(13-16)24-14-15-7-2-1-3-8-15/h1-13H,14H2,(H,22,23). The Labute approximate surface area is 139 Å². The summed E-state index contributed by atoms with van der Waals surface area (Å²) in [4.78, 5) is 12.3. The van der Waals surface area contributed by atoms with Crippen LogP contribution in [0.25, 0.3) is 0 Å². The molecule has 0 aliphatic rings. The predicted octanol–water partition coefficient (Wildman–Crippen LogP) is 4.66. The molecule has 0 unspecified atom stereocenters. The van der Waals surface area contributed by atoms with Crippen LogP contribution in [0.15, 0.2) is 78.9 Å². The molecule has 0 saturated carbocycles. The van der Waals surface area contributed by atoms with Gasteiger partial charge in [-0.1, -0.05) is 48.5 Å². The number of ether oxygens (including phenoxy) is 1. The average Bonchev–Trinajstić information content (AvgIpc) is 2.63. The largest absolute Gasteiger partial charge is 0.489 e. The van der Waals surface area contributed by atoms with Crippen LogP contribution in [0.1, 0.15) is 15.9 Å². The summed E-state index contributed by atoms with van der Waals surface area (Å²) >= 11 is 0. The summed E-state index contributed by atoms with van der Waals surface area (Å²) < 4.78 is 19.3. The number of carbonyl (C=O) groups excluding carboxylic acids is 1. The van der Waals surface area contributed by atoms with Gasteiger partial charge in [0.15, 0.2) is 0 Å². The van der Waals surface area contributed by atoms with E-state index in [-0.39, 0.29) is 11.6 Å². The molecule has 0 saturated heterocycles. The van der Waals surface area contributed by atoms with Gasteiger partial charge in [0.2, 0.25) is 0 Å². The normalized spacial score (nSPS) is 10.2. The first-order valence-corrected chi connectivity index (χ1v) is 7.55. The maximum absolute atomic E-state index is 13.6. The van der Waals surface area contributed by atoms with Crippen molar-refractivity contribution in [3.63, 3.8) is 0 Å². The second kappa shape index (κ2) is 7.42.